The zero-order valence-corrected chi connectivity index (χ0v) is 9.01. The molecule has 6 nitrogen and oxygen atoms in total. The van der Waals surface area contributed by atoms with Crippen LogP contribution in [-0.4, -0.2) is 61.3 Å². The third-order valence-corrected chi connectivity index (χ3v) is 2.95. The SMILES string of the molecule is CC(C)(O)C1(O)O[C@H](CO)[C@@H](O)[C@]1(C)O. The molecule has 1 rings (SSSR count). The number of aliphatic hydroxyl groups is 5. The Balaban J connectivity index is 3.12. The van der Waals surface area contributed by atoms with Crippen molar-refractivity contribution in [2.75, 3.05) is 6.61 Å². The highest BCUT2D eigenvalue weighted by molar-refractivity contribution is 5.11. The number of aliphatic hydroxyl groups excluding tert-OH is 2. The molecule has 1 unspecified atom stereocenters. The summed E-state index contributed by atoms with van der Waals surface area (Å²) in [6.07, 6.45) is -2.60. The minimum absolute atomic E-state index is 0.560. The average molecular weight is 222 g/mol. The molecular formula is C9H18O6. The maximum Gasteiger partial charge on any atom is 0.227 e. The van der Waals surface area contributed by atoms with Gasteiger partial charge in [0.05, 0.1) is 6.61 Å². The van der Waals surface area contributed by atoms with Crippen LogP contribution in [-0.2, 0) is 4.74 Å². The first kappa shape index (κ1) is 12.8. The quantitative estimate of drug-likeness (QED) is 0.368. The lowest BCUT2D eigenvalue weighted by Gasteiger charge is -2.42. The van der Waals surface area contributed by atoms with Crippen LogP contribution in [0, 0.1) is 0 Å². The largest absolute Gasteiger partial charge is 0.394 e. The molecule has 0 radical (unpaired) electrons. The van der Waals surface area contributed by atoms with Gasteiger partial charge in [-0.05, 0) is 20.8 Å². The van der Waals surface area contributed by atoms with E-state index in [0.29, 0.717) is 0 Å². The lowest BCUT2D eigenvalue weighted by atomic mass is 9.81. The van der Waals surface area contributed by atoms with E-state index in [2.05, 4.69) is 0 Å². The Morgan fingerprint density at radius 2 is 1.80 bits per heavy atom. The van der Waals surface area contributed by atoms with Crippen LogP contribution < -0.4 is 0 Å². The fraction of sp³-hybridized carbons (Fsp3) is 1.00. The number of hydrogen-bond donors (Lipinski definition) is 5. The highest BCUT2D eigenvalue weighted by Crippen LogP contribution is 2.44. The molecular weight excluding hydrogens is 204 g/mol. The second-order valence-corrected chi connectivity index (χ2v) is 4.63. The first-order valence-electron chi connectivity index (χ1n) is 4.72. The summed E-state index contributed by atoms with van der Waals surface area (Å²) in [6, 6.07) is 0. The van der Waals surface area contributed by atoms with Crippen molar-refractivity contribution >= 4 is 0 Å². The van der Waals surface area contributed by atoms with E-state index >= 15 is 0 Å². The molecule has 4 atom stereocenters. The Morgan fingerprint density at radius 1 is 1.33 bits per heavy atom. The Hall–Kier alpha value is -0.240. The minimum atomic E-state index is -2.33. The second-order valence-electron chi connectivity index (χ2n) is 4.63. The lowest BCUT2D eigenvalue weighted by molar-refractivity contribution is -0.333. The molecule has 0 aliphatic carbocycles. The third-order valence-electron chi connectivity index (χ3n) is 2.95. The zero-order valence-electron chi connectivity index (χ0n) is 9.01. The van der Waals surface area contributed by atoms with Crippen molar-refractivity contribution < 1.29 is 30.3 Å². The smallest absolute Gasteiger partial charge is 0.227 e. The van der Waals surface area contributed by atoms with Crippen LogP contribution in [0.1, 0.15) is 20.8 Å². The summed E-state index contributed by atoms with van der Waals surface area (Å²) in [5.74, 6) is -2.33. The molecule has 0 bridgehead atoms. The van der Waals surface area contributed by atoms with E-state index in [0.717, 1.165) is 6.92 Å². The van der Waals surface area contributed by atoms with Gasteiger partial charge in [0.25, 0.3) is 0 Å². The average Bonchev–Trinajstić information content (AvgIpc) is 2.26. The van der Waals surface area contributed by atoms with Crippen molar-refractivity contribution in [3.05, 3.63) is 0 Å². The van der Waals surface area contributed by atoms with Crippen LogP contribution in [0.15, 0.2) is 0 Å². The third kappa shape index (κ3) is 1.57. The van der Waals surface area contributed by atoms with Gasteiger partial charge in [0, 0.05) is 0 Å². The normalized spacial score (nSPS) is 47.2. The summed E-state index contributed by atoms with van der Waals surface area (Å²) in [5, 5.41) is 48.2. The molecule has 0 aromatic heterocycles. The van der Waals surface area contributed by atoms with Crippen LogP contribution in [0.5, 0.6) is 0 Å². The van der Waals surface area contributed by atoms with Crippen molar-refractivity contribution in [3.8, 4) is 0 Å². The van der Waals surface area contributed by atoms with Crippen molar-refractivity contribution in [2.24, 2.45) is 0 Å². The molecule has 1 fully saturated rings. The number of ether oxygens (including phenoxy) is 1. The van der Waals surface area contributed by atoms with Gasteiger partial charge >= 0.3 is 0 Å². The molecule has 1 aliphatic rings. The standard InChI is InChI=1S/C9H18O6/c1-7(2,12)9(14)8(3,13)6(11)5(4-10)15-9/h5-6,10-14H,4H2,1-3H3/t5-,6-,8+,9?/m1/s1. The van der Waals surface area contributed by atoms with Gasteiger partial charge in [-0.2, -0.15) is 0 Å². The predicted molar refractivity (Wildman–Crippen MR) is 49.8 cm³/mol. The molecule has 0 aromatic rings. The molecule has 1 heterocycles. The summed E-state index contributed by atoms with van der Waals surface area (Å²) in [6.45, 7) is 3.07. The van der Waals surface area contributed by atoms with Gasteiger partial charge in [-0.15, -0.1) is 0 Å². The summed E-state index contributed by atoms with van der Waals surface area (Å²) >= 11 is 0. The van der Waals surface area contributed by atoms with Crippen molar-refractivity contribution in [1.82, 2.24) is 0 Å². The topological polar surface area (TPSA) is 110 Å². The molecule has 0 aromatic carbocycles. The van der Waals surface area contributed by atoms with Gasteiger partial charge < -0.3 is 30.3 Å². The highest BCUT2D eigenvalue weighted by atomic mass is 16.7. The van der Waals surface area contributed by atoms with Crippen LogP contribution in [0.2, 0.25) is 0 Å². The Labute approximate surface area is 87.7 Å². The maximum atomic E-state index is 10.0. The van der Waals surface area contributed by atoms with Gasteiger partial charge in [-0.25, -0.2) is 0 Å². The maximum absolute atomic E-state index is 10.0. The van der Waals surface area contributed by atoms with Crippen molar-refractivity contribution in [3.63, 3.8) is 0 Å². The van der Waals surface area contributed by atoms with Crippen molar-refractivity contribution in [1.29, 1.82) is 0 Å². The van der Waals surface area contributed by atoms with Gasteiger partial charge in [-0.1, -0.05) is 0 Å². The summed E-state index contributed by atoms with van der Waals surface area (Å²) < 4.78 is 4.95. The van der Waals surface area contributed by atoms with E-state index < -0.39 is 35.8 Å². The van der Waals surface area contributed by atoms with E-state index in [9.17, 15) is 20.4 Å². The Morgan fingerprint density at radius 3 is 2.00 bits per heavy atom. The molecule has 5 N–H and O–H groups in total. The minimum Gasteiger partial charge on any atom is -0.394 e. The van der Waals surface area contributed by atoms with Gasteiger partial charge in [0.1, 0.15) is 23.4 Å². The fourth-order valence-corrected chi connectivity index (χ4v) is 1.87. The monoisotopic (exact) mass is 222 g/mol. The van der Waals surface area contributed by atoms with Crippen LogP contribution in [0.4, 0.5) is 0 Å². The van der Waals surface area contributed by atoms with E-state index in [-0.39, 0.29) is 0 Å². The molecule has 0 spiro atoms. The van der Waals surface area contributed by atoms with E-state index in [4.69, 9.17) is 9.84 Å². The molecule has 1 saturated heterocycles. The molecule has 90 valence electrons. The first-order valence-corrected chi connectivity index (χ1v) is 4.72. The molecule has 0 saturated carbocycles. The Bertz CT molecular complexity index is 245. The van der Waals surface area contributed by atoms with Crippen LogP contribution in [0.25, 0.3) is 0 Å². The number of hydrogen-bond acceptors (Lipinski definition) is 6. The molecule has 6 heteroatoms. The van der Waals surface area contributed by atoms with Gasteiger partial charge in [-0.3, -0.25) is 0 Å². The summed E-state index contributed by atoms with van der Waals surface area (Å²) in [5.41, 5.74) is -3.83. The molecule has 0 amide bonds. The zero-order chi connectivity index (χ0) is 12.1. The van der Waals surface area contributed by atoms with Crippen LogP contribution >= 0.6 is 0 Å². The summed E-state index contributed by atoms with van der Waals surface area (Å²) in [4.78, 5) is 0. The summed E-state index contributed by atoms with van der Waals surface area (Å²) in [7, 11) is 0. The van der Waals surface area contributed by atoms with Gasteiger partial charge in [0.15, 0.2) is 0 Å². The number of rotatable bonds is 2. The molecule has 15 heavy (non-hydrogen) atoms. The highest BCUT2D eigenvalue weighted by Gasteiger charge is 2.67. The predicted octanol–water partition coefficient (Wildman–Crippen LogP) is -2.05. The van der Waals surface area contributed by atoms with E-state index in [1.807, 2.05) is 0 Å². The lowest BCUT2D eigenvalue weighted by Crippen LogP contribution is -2.65. The van der Waals surface area contributed by atoms with Crippen molar-refractivity contribution in [2.45, 2.75) is 50.0 Å². The second kappa shape index (κ2) is 3.38. The van der Waals surface area contributed by atoms with E-state index in [1.54, 1.807) is 0 Å². The molecule has 1 aliphatic heterocycles. The first-order chi connectivity index (χ1) is 6.58. The van der Waals surface area contributed by atoms with Crippen LogP contribution in [0.3, 0.4) is 0 Å². The van der Waals surface area contributed by atoms with E-state index in [1.165, 1.54) is 13.8 Å². The van der Waals surface area contributed by atoms with Gasteiger partial charge in [0.2, 0.25) is 5.79 Å². The Kier molecular flexibility index (Phi) is 2.89. The fourth-order valence-electron chi connectivity index (χ4n) is 1.87.